The van der Waals surface area contributed by atoms with E-state index in [1.54, 1.807) is 0 Å². The van der Waals surface area contributed by atoms with Crippen LogP contribution in [0.1, 0.15) is 32.1 Å². The molecule has 1 rings (SSSR count). The zero-order valence-corrected chi connectivity index (χ0v) is 8.54. The molecule has 0 amide bonds. The third kappa shape index (κ3) is 4.07. The standard InChI is InChI=1S/C10H20N2O2/c11-9(10(13)14)7-12-6-8-4-2-1-3-5-8/h8-9,12H,1-7,11H2,(H,13,14). The number of nitrogens with two attached hydrogens (primary N) is 1. The Hall–Kier alpha value is -0.610. The Balaban J connectivity index is 2.05. The van der Waals surface area contributed by atoms with Crippen LogP contribution in [0.3, 0.4) is 0 Å². The lowest BCUT2D eigenvalue weighted by molar-refractivity contribution is -0.138. The molecule has 1 aliphatic rings. The molecule has 0 aromatic carbocycles. The highest BCUT2D eigenvalue weighted by Crippen LogP contribution is 2.22. The summed E-state index contributed by atoms with van der Waals surface area (Å²) in [5.74, 6) is -0.203. The van der Waals surface area contributed by atoms with E-state index in [-0.39, 0.29) is 0 Å². The van der Waals surface area contributed by atoms with E-state index in [0.717, 1.165) is 12.5 Å². The summed E-state index contributed by atoms with van der Waals surface area (Å²) in [6.45, 7) is 1.30. The molecule has 0 aromatic rings. The molecule has 1 atom stereocenters. The molecule has 4 heteroatoms. The Bertz CT molecular complexity index is 179. The van der Waals surface area contributed by atoms with Crippen LogP contribution in [0, 0.1) is 5.92 Å². The van der Waals surface area contributed by atoms with Crippen molar-refractivity contribution in [2.75, 3.05) is 13.1 Å². The van der Waals surface area contributed by atoms with Gasteiger partial charge in [-0.15, -0.1) is 0 Å². The highest BCUT2D eigenvalue weighted by molar-refractivity contribution is 5.73. The van der Waals surface area contributed by atoms with Gasteiger partial charge in [0.15, 0.2) is 0 Å². The average molecular weight is 200 g/mol. The molecule has 1 saturated carbocycles. The van der Waals surface area contributed by atoms with Crippen LogP contribution in [0.4, 0.5) is 0 Å². The number of hydrogen-bond acceptors (Lipinski definition) is 3. The topological polar surface area (TPSA) is 75.3 Å². The van der Waals surface area contributed by atoms with Crippen LogP contribution in [0.15, 0.2) is 0 Å². The molecule has 14 heavy (non-hydrogen) atoms. The van der Waals surface area contributed by atoms with Crippen molar-refractivity contribution < 1.29 is 9.90 Å². The summed E-state index contributed by atoms with van der Waals surface area (Å²) in [6, 6.07) is -0.765. The quantitative estimate of drug-likeness (QED) is 0.606. The second kappa shape index (κ2) is 5.98. The van der Waals surface area contributed by atoms with Crippen molar-refractivity contribution in [2.24, 2.45) is 11.7 Å². The molecular weight excluding hydrogens is 180 g/mol. The van der Waals surface area contributed by atoms with Gasteiger partial charge in [0, 0.05) is 6.54 Å². The molecule has 0 aliphatic heterocycles. The van der Waals surface area contributed by atoms with Crippen LogP contribution in [0.5, 0.6) is 0 Å². The predicted molar refractivity (Wildman–Crippen MR) is 55.1 cm³/mol. The van der Waals surface area contributed by atoms with Gasteiger partial charge < -0.3 is 16.2 Å². The summed E-state index contributed by atoms with van der Waals surface area (Å²) in [7, 11) is 0. The number of carbonyl (C=O) groups is 1. The number of nitrogens with one attached hydrogen (secondary N) is 1. The highest BCUT2D eigenvalue weighted by atomic mass is 16.4. The molecule has 4 nitrogen and oxygen atoms in total. The number of aliphatic carboxylic acids is 1. The van der Waals surface area contributed by atoms with E-state index in [0.29, 0.717) is 6.54 Å². The average Bonchev–Trinajstić information content (AvgIpc) is 2.19. The normalized spacial score (nSPS) is 20.6. The van der Waals surface area contributed by atoms with Crippen LogP contribution >= 0.6 is 0 Å². The van der Waals surface area contributed by atoms with Crippen LogP contribution in [-0.2, 0) is 4.79 Å². The lowest BCUT2D eigenvalue weighted by atomic mass is 9.89. The van der Waals surface area contributed by atoms with Gasteiger partial charge >= 0.3 is 5.97 Å². The summed E-state index contributed by atoms with van der Waals surface area (Å²) in [6.07, 6.45) is 6.53. The first kappa shape index (κ1) is 11.5. The van der Waals surface area contributed by atoms with Gasteiger partial charge in [0.25, 0.3) is 0 Å². The Labute approximate surface area is 84.9 Å². The van der Waals surface area contributed by atoms with Gasteiger partial charge in [-0.1, -0.05) is 19.3 Å². The Morgan fingerprint density at radius 3 is 2.64 bits per heavy atom. The van der Waals surface area contributed by atoms with Crippen molar-refractivity contribution in [1.29, 1.82) is 0 Å². The predicted octanol–water partition coefficient (Wildman–Crippen LogP) is 0.568. The van der Waals surface area contributed by atoms with E-state index in [1.807, 2.05) is 0 Å². The maximum Gasteiger partial charge on any atom is 0.321 e. The van der Waals surface area contributed by atoms with Crippen molar-refractivity contribution in [3.63, 3.8) is 0 Å². The molecule has 0 spiro atoms. The zero-order chi connectivity index (χ0) is 10.4. The van der Waals surface area contributed by atoms with Gasteiger partial charge in [-0.25, -0.2) is 0 Å². The third-order valence-corrected chi connectivity index (χ3v) is 2.84. The van der Waals surface area contributed by atoms with E-state index in [1.165, 1.54) is 32.1 Å². The fraction of sp³-hybridized carbons (Fsp3) is 0.900. The summed E-state index contributed by atoms with van der Waals surface area (Å²) < 4.78 is 0. The van der Waals surface area contributed by atoms with Crippen molar-refractivity contribution in [2.45, 2.75) is 38.1 Å². The Kier molecular flexibility index (Phi) is 4.90. The molecule has 0 saturated heterocycles. The number of carboxylic acids is 1. The van der Waals surface area contributed by atoms with Crippen LogP contribution in [0.2, 0.25) is 0 Å². The number of hydrogen-bond donors (Lipinski definition) is 3. The van der Waals surface area contributed by atoms with E-state index >= 15 is 0 Å². The molecule has 4 N–H and O–H groups in total. The number of rotatable bonds is 5. The first-order valence-electron chi connectivity index (χ1n) is 5.39. The maximum atomic E-state index is 10.4. The molecule has 1 fully saturated rings. The maximum absolute atomic E-state index is 10.4. The van der Waals surface area contributed by atoms with Crippen molar-refractivity contribution in [3.05, 3.63) is 0 Å². The number of carboxylic acid groups (broad SMARTS) is 1. The first-order chi connectivity index (χ1) is 6.70. The smallest absolute Gasteiger partial charge is 0.321 e. The summed E-state index contributed by atoms with van der Waals surface area (Å²) in [5, 5.41) is 11.7. The van der Waals surface area contributed by atoms with E-state index in [2.05, 4.69) is 5.32 Å². The van der Waals surface area contributed by atoms with Crippen LogP contribution in [0.25, 0.3) is 0 Å². The summed E-state index contributed by atoms with van der Waals surface area (Å²) in [5.41, 5.74) is 5.37. The van der Waals surface area contributed by atoms with Gasteiger partial charge in [-0.2, -0.15) is 0 Å². The Morgan fingerprint density at radius 2 is 2.07 bits per heavy atom. The Morgan fingerprint density at radius 1 is 1.43 bits per heavy atom. The molecular formula is C10H20N2O2. The van der Waals surface area contributed by atoms with E-state index < -0.39 is 12.0 Å². The second-order valence-corrected chi connectivity index (χ2v) is 4.11. The molecule has 82 valence electrons. The molecule has 0 radical (unpaired) electrons. The summed E-state index contributed by atoms with van der Waals surface area (Å²) >= 11 is 0. The van der Waals surface area contributed by atoms with Crippen molar-refractivity contribution >= 4 is 5.97 Å². The summed E-state index contributed by atoms with van der Waals surface area (Å²) in [4.78, 5) is 10.4. The van der Waals surface area contributed by atoms with Crippen molar-refractivity contribution in [1.82, 2.24) is 5.32 Å². The fourth-order valence-electron chi connectivity index (χ4n) is 1.92. The van der Waals surface area contributed by atoms with E-state index in [4.69, 9.17) is 10.8 Å². The lowest BCUT2D eigenvalue weighted by Gasteiger charge is -2.22. The monoisotopic (exact) mass is 200 g/mol. The van der Waals surface area contributed by atoms with Crippen molar-refractivity contribution in [3.8, 4) is 0 Å². The molecule has 0 bridgehead atoms. The van der Waals surface area contributed by atoms with Gasteiger partial charge in [-0.3, -0.25) is 4.79 Å². The van der Waals surface area contributed by atoms with Crippen LogP contribution in [-0.4, -0.2) is 30.2 Å². The van der Waals surface area contributed by atoms with Gasteiger partial charge in [0.05, 0.1) is 0 Å². The highest BCUT2D eigenvalue weighted by Gasteiger charge is 2.15. The molecule has 1 aliphatic carbocycles. The van der Waals surface area contributed by atoms with Gasteiger partial charge in [0.2, 0.25) is 0 Å². The second-order valence-electron chi connectivity index (χ2n) is 4.11. The molecule has 1 unspecified atom stereocenters. The molecule has 0 aromatic heterocycles. The SMILES string of the molecule is NC(CNCC1CCCCC1)C(=O)O. The third-order valence-electron chi connectivity index (χ3n) is 2.84. The minimum absolute atomic E-state index is 0.381. The zero-order valence-electron chi connectivity index (χ0n) is 8.54. The minimum atomic E-state index is -0.929. The van der Waals surface area contributed by atoms with E-state index in [9.17, 15) is 4.79 Å². The molecule has 0 heterocycles. The van der Waals surface area contributed by atoms with Gasteiger partial charge in [-0.05, 0) is 25.3 Å². The first-order valence-corrected chi connectivity index (χ1v) is 5.39. The fourth-order valence-corrected chi connectivity index (χ4v) is 1.92. The largest absolute Gasteiger partial charge is 0.480 e. The van der Waals surface area contributed by atoms with Crippen LogP contribution < -0.4 is 11.1 Å². The minimum Gasteiger partial charge on any atom is -0.480 e. The lowest BCUT2D eigenvalue weighted by Crippen LogP contribution is -2.41. The van der Waals surface area contributed by atoms with Gasteiger partial charge in [0.1, 0.15) is 6.04 Å².